The Morgan fingerprint density at radius 3 is 1.33 bits per heavy atom. The fraction of sp³-hybridized carbons (Fsp3) is 0.733. The molecule has 36 heavy (non-hydrogen) atoms. The summed E-state index contributed by atoms with van der Waals surface area (Å²) in [6.07, 6.45) is 7.17. The van der Waals surface area contributed by atoms with E-state index in [4.69, 9.17) is 9.47 Å². The highest BCUT2D eigenvalue weighted by atomic mass is 19.1. The molecule has 2 atom stereocenters. The summed E-state index contributed by atoms with van der Waals surface area (Å²) in [5.41, 5.74) is 2.61. The van der Waals surface area contributed by atoms with Crippen LogP contribution in [0.3, 0.4) is 0 Å². The molecule has 4 nitrogen and oxygen atoms in total. The average molecular weight is 507 g/mol. The van der Waals surface area contributed by atoms with Crippen LogP contribution in [-0.4, -0.2) is 36.5 Å². The molecule has 0 unspecified atom stereocenters. The van der Waals surface area contributed by atoms with Gasteiger partial charge in [0, 0.05) is 0 Å². The number of hydrogen-bond acceptors (Lipinski definition) is 4. The number of hydrogen-bond donors (Lipinski definition) is 0. The van der Waals surface area contributed by atoms with E-state index < -0.39 is 24.3 Å². The zero-order chi connectivity index (χ0) is 25.9. The minimum absolute atomic E-state index is 0.170. The van der Waals surface area contributed by atoms with Crippen molar-refractivity contribution >= 4 is 11.9 Å². The standard InChI is InChI=1S/C30H44F2O4/c1-3-5-7-27(31)29(33)35-25-17-13-23(14-18-25)21-9-11-22(12-10-21)24-15-19-26(20-16-24)36-30(34)28(32)8-6-4-2/h9-12,23-28H,3-8,13-20H2,1-2H3/t23?,24?,25?,26?,27-,28-/m1/s1. The number of rotatable bonds is 12. The van der Waals surface area contributed by atoms with Crippen molar-refractivity contribution < 1.29 is 27.8 Å². The maximum Gasteiger partial charge on any atom is 0.340 e. The van der Waals surface area contributed by atoms with Crippen LogP contribution in [0.1, 0.15) is 127 Å². The Kier molecular flexibility index (Phi) is 11.7. The van der Waals surface area contributed by atoms with Gasteiger partial charge in [0.25, 0.3) is 0 Å². The molecular weight excluding hydrogens is 462 g/mol. The Morgan fingerprint density at radius 2 is 1.03 bits per heavy atom. The van der Waals surface area contributed by atoms with Gasteiger partial charge in [-0.1, -0.05) is 63.8 Å². The van der Waals surface area contributed by atoms with Gasteiger partial charge >= 0.3 is 11.9 Å². The van der Waals surface area contributed by atoms with Crippen LogP contribution in [0.25, 0.3) is 0 Å². The molecule has 0 radical (unpaired) electrons. The van der Waals surface area contributed by atoms with E-state index in [2.05, 4.69) is 24.3 Å². The summed E-state index contributed by atoms with van der Waals surface area (Å²) < 4.78 is 38.7. The molecule has 0 N–H and O–H groups in total. The number of esters is 2. The second-order valence-electron chi connectivity index (χ2n) is 10.7. The maximum atomic E-state index is 13.9. The number of alkyl halides is 2. The van der Waals surface area contributed by atoms with E-state index in [1.165, 1.54) is 11.1 Å². The Balaban J connectivity index is 1.40. The van der Waals surface area contributed by atoms with E-state index in [0.29, 0.717) is 24.7 Å². The number of benzene rings is 1. The highest BCUT2D eigenvalue weighted by Crippen LogP contribution is 2.37. The van der Waals surface area contributed by atoms with Crippen molar-refractivity contribution in [1.82, 2.24) is 0 Å². The predicted octanol–water partition coefficient (Wildman–Crippen LogP) is 7.88. The van der Waals surface area contributed by atoms with Gasteiger partial charge < -0.3 is 9.47 Å². The molecule has 0 bridgehead atoms. The van der Waals surface area contributed by atoms with Gasteiger partial charge in [-0.15, -0.1) is 0 Å². The molecule has 0 saturated heterocycles. The van der Waals surface area contributed by atoms with Crippen LogP contribution < -0.4 is 0 Å². The molecule has 0 amide bonds. The van der Waals surface area contributed by atoms with Gasteiger partial charge in [-0.05, 0) is 87.2 Å². The molecule has 202 valence electrons. The normalized spacial score (nSPS) is 26.1. The average Bonchev–Trinajstić information content (AvgIpc) is 2.91. The van der Waals surface area contributed by atoms with Crippen molar-refractivity contribution in [3.8, 4) is 0 Å². The molecule has 1 aromatic carbocycles. The Hall–Kier alpha value is -1.98. The van der Waals surface area contributed by atoms with E-state index in [-0.39, 0.29) is 25.0 Å². The molecule has 0 aromatic heterocycles. The van der Waals surface area contributed by atoms with Crippen LogP contribution in [0.4, 0.5) is 8.78 Å². The van der Waals surface area contributed by atoms with Crippen LogP contribution >= 0.6 is 0 Å². The third-order valence-electron chi connectivity index (χ3n) is 7.93. The SMILES string of the molecule is CCCC[C@@H](F)C(=O)OC1CCC(c2ccc(C3CCC(OC(=O)[C@H](F)CCCC)CC3)cc2)CC1. The second-order valence-corrected chi connectivity index (χ2v) is 10.7. The molecule has 1 aromatic rings. The molecule has 2 aliphatic carbocycles. The summed E-state index contributed by atoms with van der Waals surface area (Å²) >= 11 is 0. The first-order chi connectivity index (χ1) is 17.4. The fourth-order valence-electron chi connectivity index (χ4n) is 5.55. The maximum absolute atomic E-state index is 13.9. The summed E-state index contributed by atoms with van der Waals surface area (Å²) in [6, 6.07) is 8.84. The van der Waals surface area contributed by atoms with E-state index in [9.17, 15) is 18.4 Å². The van der Waals surface area contributed by atoms with Gasteiger partial charge in [-0.2, -0.15) is 0 Å². The first-order valence-electron chi connectivity index (χ1n) is 14.2. The Bertz CT molecular complexity index is 729. The Labute approximate surface area is 215 Å². The second kappa shape index (κ2) is 14.7. The fourth-order valence-corrected chi connectivity index (χ4v) is 5.55. The molecule has 0 heterocycles. The lowest BCUT2D eigenvalue weighted by atomic mass is 9.80. The highest BCUT2D eigenvalue weighted by molar-refractivity contribution is 5.75. The van der Waals surface area contributed by atoms with Crippen LogP contribution in [0, 0.1) is 0 Å². The summed E-state index contributed by atoms with van der Waals surface area (Å²) in [6.45, 7) is 3.96. The molecule has 6 heteroatoms. The summed E-state index contributed by atoms with van der Waals surface area (Å²) in [7, 11) is 0. The van der Waals surface area contributed by atoms with Crippen molar-refractivity contribution in [1.29, 1.82) is 0 Å². The Morgan fingerprint density at radius 1 is 0.694 bits per heavy atom. The smallest absolute Gasteiger partial charge is 0.340 e. The van der Waals surface area contributed by atoms with Crippen molar-refractivity contribution in [3.05, 3.63) is 35.4 Å². The van der Waals surface area contributed by atoms with Gasteiger partial charge in [-0.25, -0.2) is 18.4 Å². The largest absolute Gasteiger partial charge is 0.460 e. The van der Waals surface area contributed by atoms with E-state index >= 15 is 0 Å². The molecule has 3 rings (SSSR count). The van der Waals surface area contributed by atoms with Crippen molar-refractivity contribution in [2.45, 2.75) is 140 Å². The monoisotopic (exact) mass is 506 g/mol. The molecule has 2 aliphatic rings. The summed E-state index contributed by atoms with van der Waals surface area (Å²) in [4.78, 5) is 23.9. The molecule has 2 saturated carbocycles. The van der Waals surface area contributed by atoms with Gasteiger partial charge in [-0.3, -0.25) is 0 Å². The summed E-state index contributed by atoms with van der Waals surface area (Å²) in [5, 5.41) is 0. The first kappa shape index (κ1) is 28.6. The van der Waals surface area contributed by atoms with Gasteiger partial charge in [0.1, 0.15) is 12.2 Å². The van der Waals surface area contributed by atoms with Gasteiger partial charge in [0.15, 0.2) is 12.3 Å². The lowest BCUT2D eigenvalue weighted by Gasteiger charge is -2.30. The van der Waals surface area contributed by atoms with Crippen molar-refractivity contribution in [2.75, 3.05) is 0 Å². The molecule has 2 fully saturated rings. The minimum Gasteiger partial charge on any atom is -0.460 e. The van der Waals surface area contributed by atoms with Crippen molar-refractivity contribution in [2.24, 2.45) is 0 Å². The third-order valence-corrected chi connectivity index (χ3v) is 7.93. The number of ether oxygens (including phenoxy) is 2. The minimum atomic E-state index is -1.50. The topological polar surface area (TPSA) is 52.6 Å². The molecular formula is C30H44F2O4. The van der Waals surface area contributed by atoms with Crippen LogP contribution in [-0.2, 0) is 19.1 Å². The van der Waals surface area contributed by atoms with E-state index in [1.807, 2.05) is 13.8 Å². The number of halogens is 2. The quantitative estimate of drug-likeness (QED) is 0.271. The lowest BCUT2D eigenvalue weighted by Crippen LogP contribution is -2.28. The highest BCUT2D eigenvalue weighted by Gasteiger charge is 2.29. The number of carbonyl (C=O) groups excluding carboxylic acids is 2. The summed E-state index contributed by atoms with van der Waals surface area (Å²) in [5.74, 6) is -0.512. The number of unbranched alkanes of at least 4 members (excludes halogenated alkanes) is 2. The first-order valence-corrected chi connectivity index (χ1v) is 14.2. The van der Waals surface area contributed by atoms with Gasteiger partial charge in [0.2, 0.25) is 0 Å². The predicted molar refractivity (Wildman–Crippen MR) is 137 cm³/mol. The van der Waals surface area contributed by atoms with Crippen LogP contribution in [0.2, 0.25) is 0 Å². The van der Waals surface area contributed by atoms with E-state index in [0.717, 1.165) is 64.2 Å². The van der Waals surface area contributed by atoms with Gasteiger partial charge in [0.05, 0.1) is 0 Å². The van der Waals surface area contributed by atoms with Crippen LogP contribution in [0.5, 0.6) is 0 Å². The van der Waals surface area contributed by atoms with Crippen molar-refractivity contribution in [3.63, 3.8) is 0 Å². The van der Waals surface area contributed by atoms with E-state index in [1.54, 1.807) is 0 Å². The number of carbonyl (C=O) groups is 2. The molecule has 0 aliphatic heterocycles. The van der Waals surface area contributed by atoms with Crippen LogP contribution in [0.15, 0.2) is 24.3 Å². The lowest BCUT2D eigenvalue weighted by molar-refractivity contribution is -0.157. The third kappa shape index (κ3) is 8.55. The molecule has 0 spiro atoms. The zero-order valence-corrected chi connectivity index (χ0v) is 22.1. The zero-order valence-electron chi connectivity index (χ0n) is 22.1.